The quantitative estimate of drug-likeness (QED) is 0.611. The van der Waals surface area contributed by atoms with Gasteiger partial charge in [-0.3, -0.25) is 0 Å². The molecular weight excluding hydrogens is 269 g/mol. The molecule has 0 spiro atoms. The van der Waals surface area contributed by atoms with Gasteiger partial charge < -0.3 is 14.9 Å². The van der Waals surface area contributed by atoms with E-state index in [1.807, 2.05) is 27.1 Å². The Labute approximate surface area is 98.8 Å². The molecule has 0 aliphatic rings. The zero-order valence-electron chi connectivity index (χ0n) is 9.14. The molecule has 14 heavy (non-hydrogen) atoms. The molecule has 1 radical (unpaired) electrons. The molecule has 3 nitrogen and oxygen atoms in total. The summed E-state index contributed by atoms with van der Waals surface area (Å²) in [5, 5.41) is 3.09. The number of carbonyl (C=O) groups excluding carboxylic acids is 2. The largest absolute Gasteiger partial charge is 0.540 e. The number of rotatable bonds is 5. The van der Waals surface area contributed by atoms with E-state index in [9.17, 15) is 9.59 Å². The average molecular weight is 287 g/mol. The number of nitrogens with one attached hydrogen (secondary N) is 1. The van der Waals surface area contributed by atoms with E-state index in [0.717, 1.165) is 0 Å². The molecule has 0 aromatic heterocycles. The molecule has 0 saturated heterocycles. The van der Waals surface area contributed by atoms with Crippen LogP contribution in [0.1, 0.15) is 40.5 Å². The van der Waals surface area contributed by atoms with Crippen molar-refractivity contribution in [3.63, 3.8) is 0 Å². The van der Waals surface area contributed by atoms with Gasteiger partial charge in [0.15, 0.2) is 0 Å². The zero-order chi connectivity index (χ0) is 10.5. The fourth-order valence-corrected chi connectivity index (χ4v) is 1.03. The van der Waals surface area contributed by atoms with Crippen molar-refractivity contribution in [2.24, 2.45) is 0 Å². The summed E-state index contributed by atoms with van der Waals surface area (Å²) in [7, 11) is 0. The Kier molecular flexibility index (Phi) is 8.47. The fraction of sp³-hybridized carbons (Fsp3) is 0.800. The van der Waals surface area contributed by atoms with Crippen LogP contribution in [0.4, 0.5) is 0 Å². The Morgan fingerprint density at radius 3 is 2.21 bits per heavy atom. The van der Waals surface area contributed by atoms with Gasteiger partial charge in [0.2, 0.25) is 0 Å². The van der Waals surface area contributed by atoms with Gasteiger partial charge in [0.25, 0.3) is 0 Å². The van der Waals surface area contributed by atoms with E-state index in [2.05, 4.69) is 5.32 Å². The second kappa shape index (κ2) is 7.25. The van der Waals surface area contributed by atoms with Crippen LogP contribution in [0.5, 0.6) is 0 Å². The topological polar surface area (TPSA) is 46.2 Å². The summed E-state index contributed by atoms with van der Waals surface area (Å²) in [6, 6.07) is -0.330. The van der Waals surface area contributed by atoms with Gasteiger partial charge in [0.1, 0.15) is 5.78 Å². The summed E-state index contributed by atoms with van der Waals surface area (Å²) < 4.78 is 0. The summed E-state index contributed by atoms with van der Waals surface area (Å²) in [5.41, 5.74) is -0.112. The van der Waals surface area contributed by atoms with Crippen LogP contribution < -0.4 is 5.32 Å². The van der Waals surface area contributed by atoms with E-state index in [1.54, 1.807) is 0 Å². The Balaban J connectivity index is 0. The minimum atomic E-state index is -0.330. The van der Waals surface area contributed by atoms with Crippen LogP contribution in [0, 0.1) is 0 Å². The predicted octanol–water partition coefficient (Wildman–Crippen LogP) is 1.22. The van der Waals surface area contributed by atoms with Crippen molar-refractivity contribution < 1.29 is 29.1 Å². The van der Waals surface area contributed by atoms with Gasteiger partial charge in [-0.05, 0) is 27.7 Å². The van der Waals surface area contributed by atoms with E-state index in [0.29, 0.717) is 12.8 Å². The monoisotopic (exact) mass is 287 g/mol. The molecule has 0 saturated carbocycles. The first-order chi connectivity index (χ1) is 5.85. The van der Waals surface area contributed by atoms with Gasteiger partial charge in [-0.1, -0.05) is 12.5 Å². The van der Waals surface area contributed by atoms with Crippen LogP contribution in [0.3, 0.4) is 0 Å². The smallest absolute Gasteiger partial charge is 0.129 e. The van der Waals surface area contributed by atoms with Gasteiger partial charge in [0.05, 0.1) is 0 Å². The second-order valence-corrected chi connectivity index (χ2v) is 4.31. The molecule has 0 aromatic rings. The molecule has 85 valence electrons. The van der Waals surface area contributed by atoms with Gasteiger partial charge in [-0.25, -0.2) is 6.29 Å². The SMILES string of the molecule is CC(=O)CC[C@@H]([C-]=O)NC(C)(C)C.[Rh]. The summed E-state index contributed by atoms with van der Waals surface area (Å²) in [4.78, 5) is 21.2. The molecule has 1 atom stereocenters. The number of carbonyl (C=O) groups is 1. The third-order valence-electron chi connectivity index (χ3n) is 1.53. The van der Waals surface area contributed by atoms with Gasteiger partial charge in [-0.2, -0.15) is 0 Å². The first-order valence-electron chi connectivity index (χ1n) is 4.50. The molecule has 4 heteroatoms. The third kappa shape index (κ3) is 10.0. The van der Waals surface area contributed by atoms with Gasteiger partial charge >= 0.3 is 0 Å². The number of hydrogen-bond donors (Lipinski definition) is 1. The molecule has 0 amide bonds. The molecule has 0 aromatic carbocycles. The molecule has 0 rings (SSSR count). The zero-order valence-corrected chi connectivity index (χ0v) is 10.8. The summed E-state index contributed by atoms with van der Waals surface area (Å²) in [6.45, 7) is 7.46. The van der Waals surface area contributed by atoms with Crippen LogP contribution in [-0.2, 0) is 29.1 Å². The van der Waals surface area contributed by atoms with Crippen LogP contribution in [0.25, 0.3) is 0 Å². The Hall–Kier alpha value is -0.0766. The first kappa shape index (κ1) is 16.4. The van der Waals surface area contributed by atoms with Crippen molar-refractivity contribution in [1.82, 2.24) is 5.32 Å². The molecule has 0 aliphatic heterocycles. The van der Waals surface area contributed by atoms with E-state index >= 15 is 0 Å². The standard InChI is InChI=1S/C10H18NO2.Rh/c1-8(13)5-6-9(7-12)11-10(2,3)4;/h9,11H,5-6H2,1-4H3;/q-1;/t9-;/m0./s1. The second-order valence-electron chi connectivity index (χ2n) is 4.31. The predicted molar refractivity (Wildman–Crippen MR) is 52.3 cm³/mol. The number of hydrogen-bond acceptors (Lipinski definition) is 3. The molecule has 0 unspecified atom stereocenters. The normalized spacial score (nSPS) is 12.9. The Morgan fingerprint density at radius 1 is 1.43 bits per heavy atom. The number of Topliss-reactive ketones (excluding diaryl/α,β-unsaturated/α-hetero) is 1. The molecule has 0 aliphatic carbocycles. The van der Waals surface area contributed by atoms with Crippen LogP contribution >= 0.6 is 0 Å². The minimum Gasteiger partial charge on any atom is -0.540 e. The maximum atomic E-state index is 10.7. The molecule has 0 fully saturated rings. The third-order valence-corrected chi connectivity index (χ3v) is 1.53. The van der Waals surface area contributed by atoms with Crippen LogP contribution in [0.2, 0.25) is 0 Å². The summed E-state index contributed by atoms with van der Waals surface area (Å²) >= 11 is 0. The Bertz CT molecular complexity index is 187. The van der Waals surface area contributed by atoms with Crippen LogP contribution in [0.15, 0.2) is 0 Å². The summed E-state index contributed by atoms with van der Waals surface area (Å²) in [5.74, 6) is 0.107. The van der Waals surface area contributed by atoms with Crippen molar-refractivity contribution in [3.05, 3.63) is 0 Å². The van der Waals surface area contributed by atoms with Crippen molar-refractivity contribution >= 4 is 12.1 Å². The van der Waals surface area contributed by atoms with Crippen molar-refractivity contribution in [3.8, 4) is 0 Å². The van der Waals surface area contributed by atoms with Crippen molar-refractivity contribution in [1.29, 1.82) is 0 Å². The minimum absolute atomic E-state index is 0. The first-order valence-corrected chi connectivity index (χ1v) is 4.50. The Morgan fingerprint density at radius 2 is 1.93 bits per heavy atom. The van der Waals surface area contributed by atoms with E-state index in [4.69, 9.17) is 0 Å². The van der Waals surface area contributed by atoms with Crippen molar-refractivity contribution in [2.45, 2.75) is 52.1 Å². The maximum Gasteiger partial charge on any atom is 0.129 e. The summed E-state index contributed by atoms with van der Waals surface area (Å²) in [6.07, 6.45) is 2.87. The maximum absolute atomic E-state index is 10.7. The van der Waals surface area contributed by atoms with Gasteiger partial charge in [-0.15, -0.1) is 0 Å². The molecule has 0 bridgehead atoms. The van der Waals surface area contributed by atoms with E-state index in [-0.39, 0.29) is 36.8 Å². The average Bonchev–Trinajstić information content (AvgIpc) is 1.95. The molecule has 1 N–H and O–H groups in total. The van der Waals surface area contributed by atoms with E-state index in [1.165, 1.54) is 6.92 Å². The molecule has 0 heterocycles. The van der Waals surface area contributed by atoms with E-state index < -0.39 is 0 Å². The van der Waals surface area contributed by atoms with Gasteiger partial charge in [0, 0.05) is 31.4 Å². The van der Waals surface area contributed by atoms with Crippen molar-refractivity contribution in [2.75, 3.05) is 0 Å². The molecular formula is C10H18NO2Rh-. The van der Waals surface area contributed by atoms with Crippen LogP contribution in [-0.4, -0.2) is 23.7 Å². The fourth-order valence-electron chi connectivity index (χ4n) is 1.03. The number of ketones is 1.